The smallest absolute Gasteiger partial charge is 0.315 e. The molecular weight excluding hydrogens is 248 g/mol. The summed E-state index contributed by atoms with van der Waals surface area (Å²) in [6, 6.07) is 0.384. The van der Waals surface area contributed by atoms with Crippen molar-refractivity contribution < 1.29 is 9.90 Å². The van der Waals surface area contributed by atoms with Gasteiger partial charge in [0.2, 0.25) is 0 Å². The summed E-state index contributed by atoms with van der Waals surface area (Å²) in [4.78, 5) is 11.7. The number of thioether (sulfide) groups is 1. The monoisotopic (exact) mass is 274 g/mol. The maximum Gasteiger partial charge on any atom is 0.315 e. The van der Waals surface area contributed by atoms with Crippen LogP contribution < -0.4 is 10.6 Å². The average molecular weight is 274 g/mol. The molecular formula is C13H26N2O2S. The van der Waals surface area contributed by atoms with E-state index >= 15 is 0 Å². The lowest BCUT2D eigenvalue weighted by Gasteiger charge is -2.27. The second kappa shape index (κ2) is 8.64. The van der Waals surface area contributed by atoms with Crippen molar-refractivity contribution in [1.82, 2.24) is 10.6 Å². The lowest BCUT2D eigenvalue weighted by molar-refractivity contribution is 0.117. The number of rotatable bonds is 6. The van der Waals surface area contributed by atoms with E-state index in [2.05, 4.69) is 17.6 Å². The molecule has 4 nitrogen and oxygen atoms in total. The standard InChI is InChI=1S/C13H26N2O2S/c1-3-18-9-8-10(2)14-13(17)15-11-4-6-12(16)7-5-11/h10-12,16H,3-9H2,1-2H3,(H2,14,15,17)/t10-,11?,12?/m0/s1. The minimum atomic E-state index is -0.170. The maximum atomic E-state index is 11.7. The molecule has 0 aromatic heterocycles. The Labute approximate surface area is 114 Å². The second-order valence-electron chi connectivity index (χ2n) is 5.01. The first-order valence-electron chi connectivity index (χ1n) is 6.94. The van der Waals surface area contributed by atoms with E-state index in [0.717, 1.165) is 43.6 Å². The van der Waals surface area contributed by atoms with E-state index in [1.54, 1.807) is 0 Å². The molecule has 1 rings (SSSR count). The van der Waals surface area contributed by atoms with Gasteiger partial charge in [0.25, 0.3) is 0 Å². The maximum absolute atomic E-state index is 11.7. The van der Waals surface area contributed by atoms with Gasteiger partial charge in [0.05, 0.1) is 6.10 Å². The van der Waals surface area contributed by atoms with Crippen LogP contribution in [-0.4, -0.2) is 40.8 Å². The number of hydrogen-bond donors (Lipinski definition) is 3. The van der Waals surface area contributed by atoms with Gasteiger partial charge >= 0.3 is 6.03 Å². The average Bonchev–Trinajstić information content (AvgIpc) is 2.32. The molecule has 106 valence electrons. The fourth-order valence-electron chi connectivity index (χ4n) is 2.15. The number of urea groups is 1. The first kappa shape index (κ1) is 15.6. The van der Waals surface area contributed by atoms with Gasteiger partial charge < -0.3 is 15.7 Å². The summed E-state index contributed by atoms with van der Waals surface area (Å²) in [6.07, 6.45) is 4.20. The molecule has 5 heteroatoms. The summed E-state index contributed by atoms with van der Waals surface area (Å²) in [5.74, 6) is 2.22. The Balaban J connectivity index is 2.12. The molecule has 1 saturated carbocycles. The predicted octanol–water partition coefficient (Wildman–Crippen LogP) is 2.12. The van der Waals surface area contributed by atoms with Crippen LogP contribution >= 0.6 is 11.8 Å². The quantitative estimate of drug-likeness (QED) is 0.650. The van der Waals surface area contributed by atoms with Gasteiger partial charge in [-0.2, -0.15) is 11.8 Å². The van der Waals surface area contributed by atoms with Crippen LogP contribution in [0, 0.1) is 0 Å². The van der Waals surface area contributed by atoms with Crippen molar-refractivity contribution in [2.45, 2.75) is 64.1 Å². The molecule has 0 spiro atoms. The third-order valence-electron chi connectivity index (χ3n) is 3.31. The van der Waals surface area contributed by atoms with E-state index in [0.29, 0.717) is 0 Å². The Bertz CT molecular complexity index is 243. The summed E-state index contributed by atoms with van der Waals surface area (Å²) in [6.45, 7) is 4.19. The Morgan fingerprint density at radius 2 is 2.06 bits per heavy atom. The van der Waals surface area contributed by atoms with Gasteiger partial charge in [-0.25, -0.2) is 4.79 Å². The highest BCUT2D eigenvalue weighted by molar-refractivity contribution is 7.99. The molecule has 2 amide bonds. The fraction of sp³-hybridized carbons (Fsp3) is 0.923. The highest BCUT2D eigenvalue weighted by Crippen LogP contribution is 2.18. The van der Waals surface area contributed by atoms with E-state index < -0.39 is 0 Å². The third kappa shape index (κ3) is 6.50. The number of amides is 2. The Morgan fingerprint density at radius 1 is 1.39 bits per heavy atom. The minimum Gasteiger partial charge on any atom is -0.393 e. The molecule has 3 N–H and O–H groups in total. The van der Waals surface area contributed by atoms with E-state index in [9.17, 15) is 9.90 Å². The normalized spacial score (nSPS) is 25.5. The fourth-order valence-corrected chi connectivity index (χ4v) is 2.96. The van der Waals surface area contributed by atoms with Crippen LogP contribution in [0.3, 0.4) is 0 Å². The van der Waals surface area contributed by atoms with Gasteiger partial charge in [-0.05, 0) is 50.5 Å². The van der Waals surface area contributed by atoms with Gasteiger partial charge in [-0.3, -0.25) is 0 Å². The second-order valence-corrected chi connectivity index (χ2v) is 6.40. The number of aliphatic hydroxyl groups is 1. The summed E-state index contributed by atoms with van der Waals surface area (Å²) in [5.41, 5.74) is 0. The van der Waals surface area contributed by atoms with Crippen molar-refractivity contribution in [3.05, 3.63) is 0 Å². The molecule has 1 aliphatic carbocycles. The first-order valence-corrected chi connectivity index (χ1v) is 8.10. The molecule has 0 radical (unpaired) electrons. The molecule has 0 bridgehead atoms. The SMILES string of the molecule is CCSCC[C@H](C)NC(=O)NC1CCC(O)CC1. The molecule has 1 fully saturated rings. The number of aliphatic hydroxyl groups excluding tert-OH is 1. The lowest BCUT2D eigenvalue weighted by Crippen LogP contribution is -2.47. The minimum absolute atomic E-state index is 0.0645. The van der Waals surface area contributed by atoms with E-state index in [1.165, 1.54) is 0 Å². The van der Waals surface area contributed by atoms with Gasteiger partial charge in [-0.15, -0.1) is 0 Å². The van der Waals surface area contributed by atoms with Crippen LogP contribution in [0.4, 0.5) is 4.79 Å². The summed E-state index contributed by atoms with van der Waals surface area (Å²) < 4.78 is 0. The van der Waals surface area contributed by atoms with Crippen LogP contribution in [0.15, 0.2) is 0 Å². The molecule has 0 aromatic rings. The molecule has 0 heterocycles. The zero-order chi connectivity index (χ0) is 13.4. The molecule has 0 aliphatic heterocycles. The first-order chi connectivity index (χ1) is 8.61. The highest BCUT2D eigenvalue weighted by Gasteiger charge is 2.21. The van der Waals surface area contributed by atoms with Gasteiger partial charge in [0.15, 0.2) is 0 Å². The van der Waals surface area contributed by atoms with Crippen LogP contribution in [-0.2, 0) is 0 Å². The molecule has 0 aromatic carbocycles. The number of hydrogen-bond acceptors (Lipinski definition) is 3. The van der Waals surface area contributed by atoms with Crippen LogP contribution in [0.2, 0.25) is 0 Å². The molecule has 1 atom stereocenters. The summed E-state index contributed by atoms with van der Waals surface area (Å²) in [7, 11) is 0. The van der Waals surface area contributed by atoms with Crippen molar-refractivity contribution in [3.8, 4) is 0 Å². The predicted molar refractivity (Wildman–Crippen MR) is 77.0 cm³/mol. The van der Waals surface area contributed by atoms with Crippen molar-refractivity contribution >= 4 is 17.8 Å². The van der Waals surface area contributed by atoms with E-state index in [-0.39, 0.29) is 24.2 Å². The Morgan fingerprint density at radius 3 is 2.67 bits per heavy atom. The summed E-state index contributed by atoms with van der Waals surface area (Å²) >= 11 is 1.90. The van der Waals surface area contributed by atoms with Gasteiger partial charge in [0.1, 0.15) is 0 Å². The van der Waals surface area contributed by atoms with Crippen molar-refractivity contribution in [3.63, 3.8) is 0 Å². The van der Waals surface area contributed by atoms with Gasteiger partial charge in [-0.1, -0.05) is 6.92 Å². The number of nitrogens with one attached hydrogen (secondary N) is 2. The largest absolute Gasteiger partial charge is 0.393 e. The molecule has 1 aliphatic rings. The van der Waals surface area contributed by atoms with Gasteiger partial charge in [0, 0.05) is 12.1 Å². The van der Waals surface area contributed by atoms with E-state index in [1.807, 2.05) is 18.7 Å². The zero-order valence-electron chi connectivity index (χ0n) is 11.4. The van der Waals surface area contributed by atoms with Crippen molar-refractivity contribution in [2.75, 3.05) is 11.5 Å². The topological polar surface area (TPSA) is 61.4 Å². The molecule has 0 unspecified atom stereocenters. The van der Waals surface area contributed by atoms with Crippen LogP contribution in [0.25, 0.3) is 0 Å². The Kier molecular flexibility index (Phi) is 7.51. The Hall–Kier alpha value is -0.420. The van der Waals surface area contributed by atoms with E-state index in [4.69, 9.17) is 0 Å². The lowest BCUT2D eigenvalue weighted by atomic mass is 9.93. The third-order valence-corrected chi connectivity index (χ3v) is 4.24. The molecule has 18 heavy (non-hydrogen) atoms. The highest BCUT2D eigenvalue weighted by atomic mass is 32.2. The zero-order valence-corrected chi connectivity index (χ0v) is 12.3. The number of carbonyl (C=O) groups excluding carboxylic acids is 1. The summed E-state index contributed by atoms with van der Waals surface area (Å²) in [5, 5.41) is 15.4. The molecule has 0 saturated heterocycles. The van der Waals surface area contributed by atoms with Crippen LogP contribution in [0.1, 0.15) is 46.0 Å². The van der Waals surface area contributed by atoms with Crippen molar-refractivity contribution in [1.29, 1.82) is 0 Å². The van der Waals surface area contributed by atoms with Crippen molar-refractivity contribution in [2.24, 2.45) is 0 Å². The van der Waals surface area contributed by atoms with Crippen LogP contribution in [0.5, 0.6) is 0 Å². The number of carbonyl (C=O) groups is 1.